The van der Waals surface area contributed by atoms with Crippen LogP contribution >= 0.6 is 0 Å². The van der Waals surface area contributed by atoms with E-state index in [4.69, 9.17) is 5.73 Å². The van der Waals surface area contributed by atoms with Gasteiger partial charge < -0.3 is 10.8 Å². The Kier molecular flexibility index (Phi) is 1.57. The van der Waals surface area contributed by atoms with Gasteiger partial charge in [-0.1, -0.05) is 13.8 Å². The van der Waals surface area contributed by atoms with Gasteiger partial charge in [0.05, 0.1) is 11.5 Å². The second kappa shape index (κ2) is 2.27. The number of hydrogen-bond donors (Lipinski definition) is 2. The van der Waals surface area contributed by atoms with Crippen molar-refractivity contribution in [3.8, 4) is 0 Å². The molecule has 1 amide bonds. The number of carbonyl (C=O) groups excluding carboxylic acids is 1. The zero-order valence-corrected chi connectivity index (χ0v) is 8.21. The summed E-state index contributed by atoms with van der Waals surface area (Å²) >= 11 is 0. The number of amides is 1. The zero-order valence-electron chi connectivity index (χ0n) is 8.21. The Balaban J connectivity index is 2.40. The van der Waals surface area contributed by atoms with Crippen molar-refractivity contribution in [1.82, 2.24) is 0 Å². The van der Waals surface area contributed by atoms with Gasteiger partial charge in [-0.15, -0.1) is 0 Å². The topological polar surface area (TPSA) is 63.3 Å². The van der Waals surface area contributed by atoms with Gasteiger partial charge in [0.15, 0.2) is 0 Å². The van der Waals surface area contributed by atoms with Crippen LogP contribution in [-0.4, -0.2) is 17.1 Å². The van der Waals surface area contributed by atoms with Crippen LogP contribution in [-0.2, 0) is 4.79 Å². The van der Waals surface area contributed by atoms with Crippen molar-refractivity contribution in [1.29, 1.82) is 0 Å². The largest absolute Gasteiger partial charge is 0.391 e. The second-order valence-corrected chi connectivity index (χ2v) is 5.18. The minimum Gasteiger partial charge on any atom is -0.391 e. The molecule has 2 aliphatic rings. The fraction of sp³-hybridized carbons (Fsp3) is 0.900. The van der Waals surface area contributed by atoms with E-state index >= 15 is 0 Å². The van der Waals surface area contributed by atoms with Crippen LogP contribution in [0, 0.1) is 16.7 Å². The van der Waals surface area contributed by atoms with E-state index in [0.717, 1.165) is 19.3 Å². The first-order chi connectivity index (χ1) is 5.91. The quantitative estimate of drug-likeness (QED) is 0.627. The molecule has 0 aromatic heterocycles. The van der Waals surface area contributed by atoms with Gasteiger partial charge >= 0.3 is 0 Å². The highest BCUT2D eigenvalue weighted by Crippen LogP contribution is 2.62. The Labute approximate surface area is 78.3 Å². The number of rotatable bonds is 1. The Hall–Kier alpha value is -0.570. The van der Waals surface area contributed by atoms with Gasteiger partial charge in [-0.25, -0.2) is 0 Å². The molecular weight excluding hydrogens is 166 g/mol. The van der Waals surface area contributed by atoms with Gasteiger partial charge in [0.25, 0.3) is 0 Å². The van der Waals surface area contributed by atoms with E-state index in [1.165, 1.54) is 0 Å². The minimum atomic E-state index is -0.603. The minimum absolute atomic E-state index is 0.132. The van der Waals surface area contributed by atoms with E-state index in [-0.39, 0.29) is 11.3 Å². The van der Waals surface area contributed by atoms with Crippen molar-refractivity contribution in [3.05, 3.63) is 0 Å². The molecule has 74 valence electrons. The highest BCUT2D eigenvalue weighted by molar-refractivity contribution is 5.82. The Bertz CT molecular complexity index is 262. The highest BCUT2D eigenvalue weighted by atomic mass is 16.3. The van der Waals surface area contributed by atoms with Crippen molar-refractivity contribution < 1.29 is 9.90 Å². The number of carbonyl (C=O) groups is 1. The van der Waals surface area contributed by atoms with E-state index in [2.05, 4.69) is 0 Å². The van der Waals surface area contributed by atoms with Crippen molar-refractivity contribution in [2.24, 2.45) is 22.5 Å². The molecule has 0 unspecified atom stereocenters. The molecule has 0 aliphatic heterocycles. The normalized spacial score (nSPS) is 46.7. The molecule has 13 heavy (non-hydrogen) atoms. The first kappa shape index (κ1) is 9.00. The molecule has 0 spiro atoms. The van der Waals surface area contributed by atoms with Crippen LogP contribution in [0.5, 0.6) is 0 Å². The SMILES string of the molecule is CC1(C)[C@H]2CC[C@@](C(N)=O)(C2)[C@H]1O. The van der Waals surface area contributed by atoms with Crippen LogP contribution in [0.2, 0.25) is 0 Å². The standard InChI is InChI=1S/C10H17NO2/c1-9(2)6-3-4-10(5-6,7(9)12)8(11)13/h6-7,12H,3-5H2,1-2H3,(H2,11,13)/t6-,7-,10+/m0/s1. The average Bonchev–Trinajstić information content (AvgIpc) is 2.53. The van der Waals surface area contributed by atoms with Crippen LogP contribution in [0.4, 0.5) is 0 Å². The van der Waals surface area contributed by atoms with Crippen molar-refractivity contribution in [3.63, 3.8) is 0 Å². The van der Waals surface area contributed by atoms with Gasteiger partial charge in [0.2, 0.25) is 5.91 Å². The first-order valence-electron chi connectivity index (χ1n) is 4.89. The third-order valence-corrected chi connectivity index (χ3v) is 4.32. The van der Waals surface area contributed by atoms with E-state index in [1.807, 2.05) is 13.8 Å². The molecule has 0 aromatic carbocycles. The predicted octanol–water partition coefficient (Wildman–Crippen LogP) is 0.659. The van der Waals surface area contributed by atoms with E-state index in [9.17, 15) is 9.90 Å². The molecule has 3 heteroatoms. The molecule has 2 saturated carbocycles. The van der Waals surface area contributed by atoms with Crippen LogP contribution < -0.4 is 5.73 Å². The molecule has 0 saturated heterocycles. The van der Waals surface area contributed by atoms with Crippen molar-refractivity contribution in [2.45, 2.75) is 39.2 Å². The molecule has 3 N–H and O–H groups in total. The van der Waals surface area contributed by atoms with Crippen LogP contribution in [0.15, 0.2) is 0 Å². The number of primary amides is 1. The number of hydrogen-bond acceptors (Lipinski definition) is 2. The van der Waals surface area contributed by atoms with E-state index in [1.54, 1.807) is 0 Å². The average molecular weight is 183 g/mol. The summed E-state index contributed by atoms with van der Waals surface area (Å²) in [6.45, 7) is 4.07. The fourth-order valence-corrected chi connectivity index (χ4v) is 3.25. The fourth-order valence-electron chi connectivity index (χ4n) is 3.25. The maximum Gasteiger partial charge on any atom is 0.226 e. The summed E-state index contributed by atoms with van der Waals surface area (Å²) in [7, 11) is 0. The molecule has 3 atom stereocenters. The predicted molar refractivity (Wildman–Crippen MR) is 48.8 cm³/mol. The van der Waals surface area contributed by atoms with Gasteiger partial charge in [-0.3, -0.25) is 4.79 Å². The molecule has 0 aromatic rings. The molecule has 2 aliphatic carbocycles. The van der Waals surface area contributed by atoms with Crippen LogP contribution in [0.3, 0.4) is 0 Å². The number of nitrogens with two attached hydrogens (primary N) is 1. The monoisotopic (exact) mass is 183 g/mol. The summed E-state index contributed by atoms with van der Waals surface area (Å²) in [5.41, 5.74) is 4.65. The summed E-state index contributed by atoms with van der Waals surface area (Å²) in [4.78, 5) is 11.3. The molecule has 0 radical (unpaired) electrons. The maximum absolute atomic E-state index is 11.3. The first-order valence-corrected chi connectivity index (χ1v) is 4.89. The summed E-state index contributed by atoms with van der Waals surface area (Å²) in [5, 5.41) is 10.1. The molecule has 2 rings (SSSR count). The molecular formula is C10H17NO2. The van der Waals surface area contributed by atoms with Crippen LogP contribution in [0.25, 0.3) is 0 Å². The summed E-state index contributed by atoms with van der Waals surface area (Å²) in [5.74, 6) is 0.156. The number of fused-ring (bicyclic) bond motifs is 2. The lowest BCUT2D eigenvalue weighted by Crippen LogP contribution is -2.48. The molecule has 2 bridgehead atoms. The van der Waals surface area contributed by atoms with E-state index < -0.39 is 11.5 Å². The summed E-state index contributed by atoms with van der Waals surface area (Å²) in [6, 6.07) is 0. The Morgan fingerprint density at radius 3 is 2.46 bits per heavy atom. The molecule has 2 fully saturated rings. The van der Waals surface area contributed by atoms with Gasteiger partial charge in [0.1, 0.15) is 0 Å². The summed E-state index contributed by atoms with van der Waals surface area (Å²) in [6.07, 6.45) is 2.05. The van der Waals surface area contributed by atoms with Gasteiger partial charge in [-0.2, -0.15) is 0 Å². The van der Waals surface area contributed by atoms with Crippen molar-refractivity contribution in [2.75, 3.05) is 0 Å². The lowest BCUT2D eigenvalue weighted by molar-refractivity contribution is -0.137. The Morgan fingerprint density at radius 2 is 2.15 bits per heavy atom. The smallest absolute Gasteiger partial charge is 0.226 e. The van der Waals surface area contributed by atoms with E-state index in [0.29, 0.717) is 5.92 Å². The van der Waals surface area contributed by atoms with Gasteiger partial charge in [0, 0.05) is 0 Å². The van der Waals surface area contributed by atoms with Gasteiger partial charge in [-0.05, 0) is 30.6 Å². The molecule has 0 heterocycles. The maximum atomic E-state index is 11.3. The second-order valence-electron chi connectivity index (χ2n) is 5.18. The number of aliphatic hydroxyl groups excluding tert-OH is 1. The highest BCUT2D eigenvalue weighted by Gasteiger charge is 2.64. The van der Waals surface area contributed by atoms with Crippen LogP contribution in [0.1, 0.15) is 33.1 Å². The third-order valence-electron chi connectivity index (χ3n) is 4.32. The number of aliphatic hydroxyl groups is 1. The lowest BCUT2D eigenvalue weighted by atomic mass is 9.69. The summed E-state index contributed by atoms with van der Waals surface area (Å²) < 4.78 is 0. The lowest BCUT2D eigenvalue weighted by Gasteiger charge is -2.39. The van der Waals surface area contributed by atoms with Crippen molar-refractivity contribution >= 4 is 5.91 Å². The Morgan fingerprint density at radius 1 is 1.54 bits per heavy atom. The zero-order chi connectivity index (χ0) is 9.85. The third kappa shape index (κ3) is 0.857. The molecule has 3 nitrogen and oxygen atoms in total.